The smallest absolute Gasteiger partial charge is 0.321 e. The molecule has 2 aliphatic carbocycles. The summed E-state index contributed by atoms with van der Waals surface area (Å²) in [6.07, 6.45) is 8.78. The molecular weight excluding hydrogens is 408 g/mol. The van der Waals surface area contributed by atoms with Gasteiger partial charge in [0.15, 0.2) is 5.16 Å². The number of nitrogens with one attached hydrogen (secondary N) is 2. The summed E-state index contributed by atoms with van der Waals surface area (Å²) in [5.41, 5.74) is 1.06. The maximum atomic E-state index is 13.1. The average molecular weight is 433 g/mol. The van der Waals surface area contributed by atoms with E-state index < -0.39 is 11.9 Å². The van der Waals surface area contributed by atoms with Crippen molar-refractivity contribution in [3.63, 3.8) is 0 Å². The zero-order valence-electron chi connectivity index (χ0n) is 16.2. The van der Waals surface area contributed by atoms with E-state index in [4.69, 9.17) is 0 Å². The fraction of sp³-hybridized carbons (Fsp3) is 0.500. The van der Waals surface area contributed by atoms with E-state index in [1.54, 1.807) is 22.0 Å². The number of thiophene rings is 1. The van der Waals surface area contributed by atoms with Crippen LogP contribution in [0.25, 0.3) is 10.2 Å². The lowest BCUT2D eigenvalue weighted by Crippen LogP contribution is -2.44. The first-order valence-electron chi connectivity index (χ1n) is 9.96. The molecule has 2 aromatic rings. The minimum atomic E-state index is -0.455. The van der Waals surface area contributed by atoms with Gasteiger partial charge in [-0.2, -0.15) is 0 Å². The van der Waals surface area contributed by atoms with Crippen molar-refractivity contribution in [2.75, 3.05) is 5.75 Å². The van der Waals surface area contributed by atoms with Gasteiger partial charge in [0.25, 0.3) is 5.56 Å². The first-order chi connectivity index (χ1) is 14.1. The van der Waals surface area contributed by atoms with Gasteiger partial charge in [0.05, 0.1) is 11.1 Å². The van der Waals surface area contributed by atoms with Crippen molar-refractivity contribution in [3.8, 4) is 0 Å². The molecule has 2 aliphatic rings. The molecule has 1 saturated carbocycles. The van der Waals surface area contributed by atoms with E-state index in [0.29, 0.717) is 17.1 Å². The summed E-state index contributed by atoms with van der Waals surface area (Å²) in [7, 11) is 0. The third-order valence-corrected chi connectivity index (χ3v) is 7.54. The molecule has 0 bridgehead atoms. The Balaban J connectivity index is 1.47. The summed E-state index contributed by atoms with van der Waals surface area (Å²) in [6.45, 7) is 4.07. The highest BCUT2D eigenvalue weighted by molar-refractivity contribution is 7.99. The molecule has 154 valence electrons. The third-order valence-electron chi connectivity index (χ3n) is 5.38. The molecule has 2 heterocycles. The first kappa shape index (κ1) is 20.2. The molecule has 0 atom stereocenters. The van der Waals surface area contributed by atoms with E-state index in [9.17, 15) is 14.4 Å². The minimum Gasteiger partial charge on any atom is -0.335 e. The summed E-state index contributed by atoms with van der Waals surface area (Å²) in [6, 6.07) is -0.304. The second-order valence-electron chi connectivity index (χ2n) is 7.43. The SMILES string of the molecule is C=CCn1c(SCC(=O)NC(=O)NC2CCCC2)nc2sc3c(c2c1=O)CCC3. The van der Waals surface area contributed by atoms with Crippen LogP contribution >= 0.6 is 23.1 Å². The van der Waals surface area contributed by atoms with Crippen LogP contribution in [-0.4, -0.2) is 33.3 Å². The monoisotopic (exact) mass is 432 g/mol. The Morgan fingerprint density at radius 2 is 2.07 bits per heavy atom. The highest BCUT2D eigenvalue weighted by Gasteiger charge is 2.24. The molecule has 9 heteroatoms. The first-order valence-corrected chi connectivity index (χ1v) is 11.8. The standard InChI is InChI=1S/C20H24N4O3S2/c1-2-10-24-18(26)16-13-8-5-9-14(13)29-17(16)23-20(24)28-11-15(25)22-19(27)21-12-6-3-4-7-12/h2,12H,1,3-11H2,(H2,21,22,25,27). The quantitative estimate of drug-likeness (QED) is 0.416. The van der Waals surface area contributed by atoms with Gasteiger partial charge in [-0.1, -0.05) is 30.7 Å². The van der Waals surface area contributed by atoms with Crippen LogP contribution < -0.4 is 16.2 Å². The number of carbonyl (C=O) groups is 2. The zero-order chi connectivity index (χ0) is 20.4. The van der Waals surface area contributed by atoms with Gasteiger partial charge in [-0.3, -0.25) is 19.5 Å². The number of amides is 3. The molecular formula is C20H24N4O3S2. The summed E-state index contributed by atoms with van der Waals surface area (Å²) in [5.74, 6) is -0.392. The van der Waals surface area contributed by atoms with Gasteiger partial charge < -0.3 is 5.32 Å². The predicted molar refractivity (Wildman–Crippen MR) is 116 cm³/mol. The maximum absolute atomic E-state index is 13.1. The fourth-order valence-electron chi connectivity index (χ4n) is 4.04. The Morgan fingerprint density at radius 3 is 2.83 bits per heavy atom. The molecule has 0 aromatic carbocycles. The van der Waals surface area contributed by atoms with E-state index in [1.807, 2.05) is 0 Å². The van der Waals surface area contributed by atoms with Crippen LogP contribution in [0.3, 0.4) is 0 Å². The van der Waals surface area contributed by atoms with Crippen molar-refractivity contribution in [3.05, 3.63) is 33.4 Å². The number of hydrogen-bond acceptors (Lipinski definition) is 6. The second-order valence-corrected chi connectivity index (χ2v) is 9.45. The summed E-state index contributed by atoms with van der Waals surface area (Å²) in [4.78, 5) is 43.9. The number of aryl methyl sites for hydroxylation is 2. The van der Waals surface area contributed by atoms with E-state index >= 15 is 0 Å². The molecule has 1 fully saturated rings. The Morgan fingerprint density at radius 1 is 1.28 bits per heavy atom. The van der Waals surface area contributed by atoms with Gasteiger partial charge in [0.2, 0.25) is 5.91 Å². The number of imide groups is 1. The number of carbonyl (C=O) groups excluding carboxylic acids is 2. The van der Waals surface area contributed by atoms with Crippen molar-refractivity contribution < 1.29 is 9.59 Å². The number of fused-ring (bicyclic) bond motifs is 3. The number of aromatic nitrogens is 2. The van der Waals surface area contributed by atoms with Gasteiger partial charge in [0, 0.05) is 17.5 Å². The van der Waals surface area contributed by atoms with Crippen LogP contribution in [0.5, 0.6) is 0 Å². The summed E-state index contributed by atoms with van der Waals surface area (Å²) < 4.78 is 1.57. The lowest BCUT2D eigenvalue weighted by Gasteiger charge is -2.13. The van der Waals surface area contributed by atoms with Gasteiger partial charge in [-0.25, -0.2) is 9.78 Å². The fourth-order valence-corrected chi connectivity index (χ4v) is 6.15. The highest BCUT2D eigenvalue weighted by Crippen LogP contribution is 2.35. The normalized spacial score (nSPS) is 16.1. The lowest BCUT2D eigenvalue weighted by atomic mass is 10.2. The lowest BCUT2D eigenvalue weighted by molar-refractivity contribution is -0.117. The largest absolute Gasteiger partial charge is 0.335 e. The summed E-state index contributed by atoms with van der Waals surface area (Å²) in [5, 5.41) is 6.40. The van der Waals surface area contributed by atoms with Crippen molar-refractivity contribution in [1.29, 1.82) is 0 Å². The molecule has 2 aromatic heterocycles. The number of nitrogens with zero attached hydrogens (tertiary/aromatic N) is 2. The molecule has 0 saturated heterocycles. The van der Waals surface area contributed by atoms with Crippen molar-refractivity contribution in [1.82, 2.24) is 20.2 Å². The molecule has 29 heavy (non-hydrogen) atoms. The van der Waals surface area contributed by atoms with Crippen LogP contribution in [0.15, 0.2) is 22.6 Å². The predicted octanol–water partition coefficient (Wildman–Crippen LogP) is 2.99. The Bertz CT molecular complexity index is 1020. The second kappa shape index (κ2) is 8.71. The molecule has 3 amide bonds. The molecule has 0 aliphatic heterocycles. The highest BCUT2D eigenvalue weighted by atomic mass is 32.2. The maximum Gasteiger partial charge on any atom is 0.321 e. The van der Waals surface area contributed by atoms with Gasteiger partial charge in [-0.05, 0) is 37.7 Å². The third kappa shape index (κ3) is 4.25. The minimum absolute atomic E-state index is 0.0122. The number of allylic oxidation sites excluding steroid dienone is 1. The van der Waals surface area contributed by atoms with E-state index in [0.717, 1.165) is 55.3 Å². The van der Waals surface area contributed by atoms with Crippen molar-refractivity contribution in [2.24, 2.45) is 0 Å². The molecule has 0 unspecified atom stereocenters. The number of hydrogen-bond donors (Lipinski definition) is 2. The van der Waals surface area contributed by atoms with E-state index in [1.165, 1.54) is 16.6 Å². The number of thioether (sulfide) groups is 1. The van der Waals surface area contributed by atoms with Crippen molar-refractivity contribution >= 4 is 45.3 Å². The van der Waals surface area contributed by atoms with Crippen LogP contribution in [0.4, 0.5) is 4.79 Å². The Labute approximate surface area is 177 Å². The van der Waals surface area contributed by atoms with Gasteiger partial charge >= 0.3 is 6.03 Å². The molecule has 0 radical (unpaired) electrons. The van der Waals surface area contributed by atoms with Crippen LogP contribution in [0.1, 0.15) is 42.5 Å². The zero-order valence-corrected chi connectivity index (χ0v) is 17.8. The molecule has 2 N–H and O–H groups in total. The van der Waals surface area contributed by atoms with Gasteiger partial charge in [0.1, 0.15) is 4.83 Å². The average Bonchev–Trinajstić information content (AvgIpc) is 3.40. The number of rotatable bonds is 6. The molecule has 4 rings (SSSR count). The molecule has 0 spiro atoms. The Hall–Kier alpha value is -2.13. The topological polar surface area (TPSA) is 93.1 Å². The van der Waals surface area contributed by atoms with Gasteiger partial charge in [-0.15, -0.1) is 17.9 Å². The Kier molecular flexibility index (Phi) is 6.05. The molecule has 7 nitrogen and oxygen atoms in total. The van der Waals surface area contributed by atoms with Crippen LogP contribution in [0.2, 0.25) is 0 Å². The van der Waals surface area contributed by atoms with Crippen molar-refractivity contribution in [2.45, 2.75) is 62.7 Å². The number of urea groups is 1. The van der Waals surface area contributed by atoms with E-state index in [2.05, 4.69) is 22.2 Å². The van der Waals surface area contributed by atoms with E-state index in [-0.39, 0.29) is 17.4 Å². The summed E-state index contributed by atoms with van der Waals surface area (Å²) >= 11 is 2.74. The van der Waals surface area contributed by atoms with Crippen LogP contribution in [0, 0.1) is 0 Å². The van der Waals surface area contributed by atoms with Crippen LogP contribution in [-0.2, 0) is 24.2 Å².